The fraction of sp³-hybridized carbons (Fsp3) is 0.462. The van der Waals surface area contributed by atoms with Crippen LogP contribution in [0.3, 0.4) is 0 Å². The van der Waals surface area contributed by atoms with Crippen LogP contribution in [0.15, 0.2) is 24.3 Å². The summed E-state index contributed by atoms with van der Waals surface area (Å²) in [5, 5.41) is 10.8. The molecule has 2 N–H and O–H groups in total. The zero-order valence-electron chi connectivity index (χ0n) is 10.9. The summed E-state index contributed by atoms with van der Waals surface area (Å²) in [5.74, 6) is 0.306. The normalized spacial score (nSPS) is 11.3. The standard InChI is InChI=1S/C13H19IN2O2/c1-13(2,3)16(15-14)12(18)9-6-10-4-7-11(17)8-5-10/h4-5,7-8,15,17H,6,9H2,1-3H3. The molecule has 1 rings (SSSR count). The van der Waals surface area contributed by atoms with Gasteiger partial charge in [-0.3, -0.25) is 9.80 Å². The van der Waals surface area contributed by atoms with Crippen molar-refractivity contribution in [3.8, 4) is 5.75 Å². The van der Waals surface area contributed by atoms with E-state index in [2.05, 4.69) is 3.64 Å². The highest BCUT2D eigenvalue weighted by atomic mass is 127. The number of nitrogens with zero attached hydrogens (tertiary/aromatic N) is 1. The first-order valence-corrected chi connectivity index (χ1v) is 6.89. The third kappa shape index (κ3) is 4.45. The Labute approximate surface area is 122 Å². The number of rotatable bonds is 4. The van der Waals surface area contributed by atoms with Crippen LogP contribution >= 0.6 is 22.9 Å². The summed E-state index contributed by atoms with van der Waals surface area (Å²) in [7, 11) is 0. The Bertz CT molecular complexity index is 398. The van der Waals surface area contributed by atoms with E-state index in [9.17, 15) is 9.90 Å². The van der Waals surface area contributed by atoms with E-state index in [0.717, 1.165) is 5.56 Å². The Morgan fingerprint density at radius 3 is 2.33 bits per heavy atom. The van der Waals surface area contributed by atoms with Crippen LogP contribution in [0.2, 0.25) is 0 Å². The lowest BCUT2D eigenvalue weighted by atomic mass is 10.1. The molecule has 18 heavy (non-hydrogen) atoms. The highest BCUT2D eigenvalue weighted by Gasteiger charge is 2.25. The largest absolute Gasteiger partial charge is 0.508 e. The lowest BCUT2D eigenvalue weighted by Gasteiger charge is -2.33. The van der Waals surface area contributed by atoms with Gasteiger partial charge in [-0.2, -0.15) is 3.64 Å². The van der Waals surface area contributed by atoms with Crippen molar-refractivity contribution in [3.05, 3.63) is 29.8 Å². The Kier molecular flexibility index (Phi) is 5.40. The van der Waals surface area contributed by atoms with Crippen LogP contribution in [0.25, 0.3) is 0 Å². The maximum atomic E-state index is 12.1. The summed E-state index contributed by atoms with van der Waals surface area (Å²) in [6.07, 6.45) is 1.11. The Morgan fingerprint density at radius 2 is 1.89 bits per heavy atom. The van der Waals surface area contributed by atoms with Gasteiger partial charge in [0.05, 0.1) is 5.54 Å². The van der Waals surface area contributed by atoms with Crippen molar-refractivity contribution in [2.75, 3.05) is 0 Å². The molecular weight excluding hydrogens is 343 g/mol. The van der Waals surface area contributed by atoms with Crippen LogP contribution in [0.1, 0.15) is 32.8 Å². The van der Waals surface area contributed by atoms with Gasteiger partial charge < -0.3 is 5.11 Å². The number of phenolic OH excluding ortho intramolecular Hbond substituents is 1. The summed E-state index contributed by atoms with van der Waals surface area (Å²) in [4.78, 5) is 12.1. The molecule has 0 unspecified atom stereocenters. The number of aryl methyl sites for hydroxylation is 1. The maximum absolute atomic E-state index is 12.1. The molecule has 0 aliphatic carbocycles. The zero-order chi connectivity index (χ0) is 13.8. The lowest BCUT2D eigenvalue weighted by Crippen LogP contribution is -2.50. The van der Waals surface area contributed by atoms with E-state index in [-0.39, 0.29) is 17.2 Å². The Balaban J connectivity index is 2.57. The monoisotopic (exact) mass is 362 g/mol. The number of hydrogen-bond donors (Lipinski definition) is 2. The molecule has 0 spiro atoms. The van der Waals surface area contributed by atoms with Gasteiger partial charge in [0.1, 0.15) is 5.75 Å². The predicted octanol–water partition coefficient (Wildman–Crippen LogP) is 2.81. The van der Waals surface area contributed by atoms with E-state index in [0.29, 0.717) is 12.8 Å². The minimum atomic E-state index is -0.243. The second-order valence-electron chi connectivity index (χ2n) is 5.15. The van der Waals surface area contributed by atoms with Gasteiger partial charge in [0.2, 0.25) is 5.91 Å². The minimum Gasteiger partial charge on any atom is -0.508 e. The number of benzene rings is 1. The molecule has 5 heteroatoms. The van der Waals surface area contributed by atoms with Crippen LogP contribution in [0.5, 0.6) is 5.75 Å². The molecule has 4 nitrogen and oxygen atoms in total. The number of halogens is 1. The fourth-order valence-electron chi connectivity index (χ4n) is 1.57. The molecule has 1 aromatic carbocycles. The number of aromatic hydroxyl groups is 1. The quantitative estimate of drug-likeness (QED) is 0.492. The van der Waals surface area contributed by atoms with Gasteiger partial charge in [0.25, 0.3) is 0 Å². The van der Waals surface area contributed by atoms with Crippen molar-refractivity contribution in [2.24, 2.45) is 0 Å². The molecule has 0 heterocycles. The number of hydrogen-bond acceptors (Lipinski definition) is 3. The van der Waals surface area contributed by atoms with E-state index in [1.165, 1.54) is 0 Å². The van der Waals surface area contributed by atoms with Crippen LogP contribution < -0.4 is 3.64 Å². The van der Waals surface area contributed by atoms with Crippen molar-refractivity contribution in [2.45, 2.75) is 39.2 Å². The number of amides is 1. The summed E-state index contributed by atoms with van der Waals surface area (Å²) in [6.45, 7) is 5.95. The molecule has 0 atom stereocenters. The molecule has 1 aromatic rings. The third-order valence-corrected chi connectivity index (χ3v) is 3.05. The van der Waals surface area contributed by atoms with Gasteiger partial charge in [-0.1, -0.05) is 12.1 Å². The smallest absolute Gasteiger partial charge is 0.238 e. The van der Waals surface area contributed by atoms with Crippen molar-refractivity contribution in [1.82, 2.24) is 8.65 Å². The molecule has 1 amide bonds. The van der Waals surface area contributed by atoms with Crippen LogP contribution in [0.4, 0.5) is 0 Å². The van der Waals surface area contributed by atoms with E-state index in [1.807, 2.05) is 55.8 Å². The van der Waals surface area contributed by atoms with E-state index in [1.54, 1.807) is 17.1 Å². The molecule has 0 aromatic heterocycles. The summed E-state index contributed by atoms with van der Waals surface area (Å²) in [6, 6.07) is 6.94. The third-order valence-electron chi connectivity index (χ3n) is 2.57. The summed E-state index contributed by atoms with van der Waals surface area (Å²) in [5.41, 5.74) is 0.802. The molecule has 0 aliphatic heterocycles. The van der Waals surface area contributed by atoms with Gasteiger partial charge in [-0.25, -0.2) is 0 Å². The van der Waals surface area contributed by atoms with Gasteiger partial charge in [0, 0.05) is 29.3 Å². The number of hydrazine groups is 1. The zero-order valence-corrected chi connectivity index (χ0v) is 13.1. The van der Waals surface area contributed by atoms with Crippen molar-refractivity contribution in [1.29, 1.82) is 0 Å². The number of carbonyl (C=O) groups excluding carboxylic acids is 1. The average Bonchev–Trinajstić information content (AvgIpc) is 2.27. The maximum Gasteiger partial charge on any atom is 0.238 e. The predicted molar refractivity (Wildman–Crippen MR) is 80.2 cm³/mol. The second-order valence-corrected chi connectivity index (χ2v) is 5.63. The van der Waals surface area contributed by atoms with Gasteiger partial charge in [-0.15, -0.1) is 0 Å². The van der Waals surface area contributed by atoms with Crippen LogP contribution in [-0.4, -0.2) is 21.6 Å². The van der Waals surface area contributed by atoms with E-state index >= 15 is 0 Å². The van der Waals surface area contributed by atoms with E-state index in [4.69, 9.17) is 0 Å². The number of nitrogens with one attached hydrogen (secondary N) is 1. The molecule has 0 aliphatic rings. The summed E-state index contributed by atoms with van der Waals surface area (Å²) >= 11 is 1.97. The SMILES string of the molecule is CC(C)(C)N(NI)C(=O)CCc1ccc(O)cc1. The molecule has 100 valence electrons. The van der Waals surface area contributed by atoms with E-state index < -0.39 is 0 Å². The van der Waals surface area contributed by atoms with Crippen molar-refractivity contribution < 1.29 is 9.90 Å². The van der Waals surface area contributed by atoms with Gasteiger partial charge in [0.15, 0.2) is 0 Å². The number of carbonyl (C=O) groups is 1. The molecule has 0 saturated heterocycles. The second kappa shape index (κ2) is 6.38. The molecular formula is C13H19IN2O2. The van der Waals surface area contributed by atoms with Crippen molar-refractivity contribution in [3.63, 3.8) is 0 Å². The highest BCUT2D eigenvalue weighted by Crippen LogP contribution is 2.15. The topological polar surface area (TPSA) is 52.6 Å². The first-order chi connectivity index (χ1) is 8.34. The van der Waals surface area contributed by atoms with Crippen LogP contribution in [0, 0.1) is 0 Å². The Hall–Kier alpha value is -0.820. The summed E-state index contributed by atoms with van der Waals surface area (Å²) < 4.78 is 2.90. The fourth-order valence-corrected chi connectivity index (χ4v) is 2.57. The first-order valence-electron chi connectivity index (χ1n) is 5.82. The first kappa shape index (κ1) is 15.2. The molecule has 0 radical (unpaired) electrons. The lowest BCUT2D eigenvalue weighted by molar-refractivity contribution is -0.137. The molecule has 0 bridgehead atoms. The average molecular weight is 362 g/mol. The van der Waals surface area contributed by atoms with Gasteiger partial charge >= 0.3 is 0 Å². The minimum absolute atomic E-state index is 0.0602. The Morgan fingerprint density at radius 1 is 1.33 bits per heavy atom. The van der Waals surface area contributed by atoms with Crippen molar-refractivity contribution >= 4 is 28.8 Å². The number of phenols is 1. The molecule has 0 fully saturated rings. The van der Waals surface area contributed by atoms with Gasteiger partial charge in [-0.05, 0) is 44.9 Å². The van der Waals surface area contributed by atoms with Crippen LogP contribution in [-0.2, 0) is 11.2 Å². The molecule has 0 saturated carbocycles. The highest BCUT2D eigenvalue weighted by molar-refractivity contribution is 14.1.